The number of nitrogens with one attached hydrogen (secondary N) is 1. The van der Waals surface area contributed by atoms with Gasteiger partial charge >= 0.3 is 0 Å². The van der Waals surface area contributed by atoms with E-state index in [9.17, 15) is 13.2 Å². The minimum Gasteiger partial charge on any atom is -0.457 e. The highest BCUT2D eigenvalue weighted by molar-refractivity contribution is 7.90. The maximum absolute atomic E-state index is 12.1. The minimum absolute atomic E-state index is 0.0818. The lowest BCUT2D eigenvalue weighted by Crippen LogP contribution is -2.28. The Kier molecular flexibility index (Phi) is 5.82. The third-order valence-corrected chi connectivity index (χ3v) is 5.51. The van der Waals surface area contributed by atoms with Crippen LogP contribution < -0.4 is 10.1 Å². The van der Waals surface area contributed by atoms with Gasteiger partial charge in [-0.25, -0.2) is 8.42 Å². The van der Waals surface area contributed by atoms with E-state index in [0.717, 1.165) is 36.0 Å². The molecular formula is C20H23NO5S. The van der Waals surface area contributed by atoms with E-state index in [-0.39, 0.29) is 24.3 Å². The zero-order valence-electron chi connectivity index (χ0n) is 15.4. The highest BCUT2D eigenvalue weighted by Gasteiger charge is 2.25. The molecule has 0 spiro atoms. The number of sulfone groups is 1. The van der Waals surface area contributed by atoms with Gasteiger partial charge in [-0.3, -0.25) is 4.79 Å². The quantitative estimate of drug-likeness (QED) is 0.787. The Hall–Kier alpha value is -2.38. The summed E-state index contributed by atoms with van der Waals surface area (Å²) in [6.45, 7) is 0.0900. The van der Waals surface area contributed by atoms with Gasteiger partial charge in [-0.1, -0.05) is 12.1 Å². The smallest absolute Gasteiger partial charge is 0.251 e. The second-order valence-electron chi connectivity index (χ2n) is 6.60. The van der Waals surface area contributed by atoms with Crippen LogP contribution in [0, 0.1) is 0 Å². The largest absolute Gasteiger partial charge is 0.457 e. The Morgan fingerprint density at radius 3 is 2.59 bits per heavy atom. The first-order chi connectivity index (χ1) is 12.9. The Balaban J connectivity index is 1.65. The molecule has 0 bridgehead atoms. The fourth-order valence-electron chi connectivity index (χ4n) is 3.18. The summed E-state index contributed by atoms with van der Waals surface area (Å²) in [4.78, 5) is 12.1. The van der Waals surface area contributed by atoms with E-state index in [0.29, 0.717) is 11.3 Å². The fourth-order valence-corrected chi connectivity index (χ4v) is 3.65. The average molecular weight is 389 g/mol. The van der Waals surface area contributed by atoms with Crippen LogP contribution in [0.4, 0.5) is 0 Å². The molecule has 3 rings (SSSR count). The van der Waals surface area contributed by atoms with Crippen LogP contribution in [0.15, 0.2) is 42.5 Å². The molecule has 0 heterocycles. The number of rotatable bonds is 7. The van der Waals surface area contributed by atoms with Gasteiger partial charge in [0.2, 0.25) is 0 Å². The molecule has 7 heteroatoms. The summed E-state index contributed by atoms with van der Waals surface area (Å²) in [7, 11) is -1.38. The molecule has 0 saturated carbocycles. The highest BCUT2D eigenvalue weighted by Crippen LogP contribution is 2.40. The summed E-state index contributed by atoms with van der Waals surface area (Å²) >= 11 is 0. The number of hydrogen-bond donors (Lipinski definition) is 1. The molecule has 1 atom stereocenters. The van der Waals surface area contributed by atoms with Crippen LogP contribution in [0.5, 0.6) is 11.5 Å². The fraction of sp³-hybridized carbons (Fsp3) is 0.350. The highest BCUT2D eigenvalue weighted by atomic mass is 32.2. The van der Waals surface area contributed by atoms with Crippen LogP contribution in [-0.4, -0.2) is 40.0 Å². The van der Waals surface area contributed by atoms with Crippen molar-refractivity contribution >= 4 is 15.7 Å². The Morgan fingerprint density at radius 1 is 1.19 bits per heavy atom. The molecule has 0 saturated heterocycles. The molecule has 27 heavy (non-hydrogen) atoms. The molecule has 0 unspecified atom stereocenters. The summed E-state index contributed by atoms with van der Waals surface area (Å²) in [6.07, 6.45) is 3.10. The molecule has 1 aliphatic carbocycles. The zero-order valence-corrected chi connectivity index (χ0v) is 16.2. The second kappa shape index (κ2) is 8.10. The van der Waals surface area contributed by atoms with E-state index in [1.165, 1.54) is 0 Å². The Morgan fingerprint density at radius 2 is 1.93 bits per heavy atom. The molecule has 144 valence electrons. The summed E-state index contributed by atoms with van der Waals surface area (Å²) in [5.41, 5.74) is 2.78. The lowest BCUT2D eigenvalue weighted by atomic mass is 10.1. The second-order valence-corrected chi connectivity index (χ2v) is 8.86. The average Bonchev–Trinajstić information content (AvgIpc) is 3.05. The first-order valence-corrected chi connectivity index (χ1v) is 10.8. The van der Waals surface area contributed by atoms with Crippen LogP contribution >= 0.6 is 0 Å². The minimum atomic E-state index is -3.10. The monoisotopic (exact) mass is 389 g/mol. The summed E-state index contributed by atoms with van der Waals surface area (Å²) in [5, 5.41) is 2.60. The van der Waals surface area contributed by atoms with Gasteiger partial charge in [0.05, 0.1) is 11.9 Å². The van der Waals surface area contributed by atoms with Crippen LogP contribution in [0.1, 0.15) is 34.0 Å². The standard InChI is InChI=1S/C20H23NO5S/c1-25-18-11-10-17-16(18)4-3-5-19(17)26-15-8-6-14(7-9-15)20(22)21-12-13-27(2,23)24/h3-9,18H,10-13H2,1-2H3,(H,21,22)/t18-/m1/s1. The molecule has 2 aromatic carbocycles. The lowest BCUT2D eigenvalue weighted by Gasteiger charge is -2.13. The molecule has 0 aliphatic heterocycles. The zero-order chi connectivity index (χ0) is 19.4. The molecule has 6 nitrogen and oxygen atoms in total. The normalized spacial score (nSPS) is 16.0. The molecule has 0 fully saturated rings. The predicted octanol–water partition coefficient (Wildman–Crippen LogP) is 2.89. The van der Waals surface area contributed by atoms with Crippen molar-refractivity contribution in [3.05, 3.63) is 59.2 Å². The van der Waals surface area contributed by atoms with E-state index in [1.54, 1.807) is 31.4 Å². The SMILES string of the molecule is CO[C@@H]1CCc2c(Oc3ccc(C(=O)NCCS(C)(=O)=O)cc3)cccc21. The molecule has 0 radical (unpaired) electrons. The number of carbonyl (C=O) groups is 1. The van der Waals surface area contributed by atoms with Crippen LogP contribution in [-0.2, 0) is 21.0 Å². The Labute approximate surface area is 159 Å². The van der Waals surface area contributed by atoms with E-state index in [4.69, 9.17) is 9.47 Å². The van der Waals surface area contributed by atoms with Gasteiger partial charge in [0.25, 0.3) is 5.91 Å². The first kappa shape index (κ1) is 19.4. The van der Waals surface area contributed by atoms with Gasteiger partial charge in [-0.05, 0) is 48.7 Å². The number of amides is 1. The summed E-state index contributed by atoms with van der Waals surface area (Å²) < 4.78 is 33.7. The van der Waals surface area contributed by atoms with Gasteiger partial charge in [0, 0.05) is 31.0 Å². The number of fused-ring (bicyclic) bond motifs is 1. The summed E-state index contributed by atoms with van der Waals surface area (Å²) in [6, 6.07) is 12.7. The van der Waals surface area contributed by atoms with E-state index in [2.05, 4.69) is 11.4 Å². The molecule has 2 aromatic rings. The number of carbonyl (C=O) groups excluding carboxylic acids is 1. The van der Waals surface area contributed by atoms with Gasteiger partial charge in [-0.15, -0.1) is 0 Å². The van der Waals surface area contributed by atoms with Crippen molar-refractivity contribution in [2.75, 3.05) is 25.7 Å². The molecule has 1 N–H and O–H groups in total. The Bertz CT molecular complexity index is 922. The van der Waals surface area contributed by atoms with Crippen molar-refractivity contribution in [1.82, 2.24) is 5.32 Å². The predicted molar refractivity (Wildman–Crippen MR) is 103 cm³/mol. The van der Waals surface area contributed by atoms with Gasteiger partial charge in [-0.2, -0.15) is 0 Å². The molecule has 1 aliphatic rings. The third kappa shape index (κ3) is 4.87. The summed E-state index contributed by atoms with van der Waals surface area (Å²) in [5.74, 6) is 1.05. The van der Waals surface area contributed by atoms with Crippen LogP contribution in [0.2, 0.25) is 0 Å². The van der Waals surface area contributed by atoms with Crippen molar-refractivity contribution in [2.24, 2.45) is 0 Å². The van der Waals surface area contributed by atoms with Crippen molar-refractivity contribution < 1.29 is 22.7 Å². The first-order valence-electron chi connectivity index (χ1n) is 8.76. The molecular weight excluding hydrogens is 366 g/mol. The van der Waals surface area contributed by atoms with Crippen molar-refractivity contribution in [3.63, 3.8) is 0 Å². The van der Waals surface area contributed by atoms with Crippen LogP contribution in [0.3, 0.4) is 0 Å². The lowest BCUT2D eigenvalue weighted by molar-refractivity contribution is 0.0956. The number of ether oxygens (including phenoxy) is 2. The number of hydrogen-bond acceptors (Lipinski definition) is 5. The van der Waals surface area contributed by atoms with Gasteiger partial charge < -0.3 is 14.8 Å². The maximum atomic E-state index is 12.1. The van der Waals surface area contributed by atoms with Crippen LogP contribution in [0.25, 0.3) is 0 Å². The van der Waals surface area contributed by atoms with Gasteiger partial charge in [0.1, 0.15) is 21.3 Å². The molecule has 1 amide bonds. The number of benzene rings is 2. The van der Waals surface area contributed by atoms with Crippen molar-refractivity contribution in [1.29, 1.82) is 0 Å². The van der Waals surface area contributed by atoms with Crippen molar-refractivity contribution in [3.8, 4) is 11.5 Å². The third-order valence-electron chi connectivity index (χ3n) is 4.56. The molecule has 0 aromatic heterocycles. The maximum Gasteiger partial charge on any atom is 0.251 e. The number of methoxy groups -OCH3 is 1. The topological polar surface area (TPSA) is 81.7 Å². The van der Waals surface area contributed by atoms with Crippen molar-refractivity contribution in [2.45, 2.75) is 18.9 Å². The van der Waals surface area contributed by atoms with Gasteiger partial charge in [0.15, 0.2) is 0 Å². The van der Waals surface area contributed by atoms with E-state index in [1.807, 2.05) is 12.1 Å². The van der Waals surface area contributed by atoms with E-state index >= 15 is 0 Å². The van der Waals surface area contributed by atoms with E-state index < -0.39 is 9.84 Å².